The van der Waals surface area contributed by atoms with E-state index in [9.17, 15) is 4.79 Å². The zero-order valence-corrected chi connectivity index (χ0v) is 20.0. The molecule has 3 nitrogen and oxygen atoms in total. The summed E-state index contributed by atoms with van der Waals surface area (Å²) >= 11 is 1.88. The predicted molar refractivity (Wildman–Crippen MR) is 139 cm³/mol. The number of ether oxygens (including phenoxy) is 2. The first kappa shape index (κ1) is 22.3. The molecule has 2 atom stereocenters. The molecule has 2 unspecified atom stereocenters. The number of rotatable bonds is 6. The van der Waals surface area contributed by atoms with E-state index < -0.39 is 0 Å². The Morgan fingerprint density at radius 3 is 2.18 bits per heavy atom. The highest BCUT2D eigenvalue weighted by Gasteiger charge is 2.33. The molecule has 1 aliphatic rings. The van der Waals surface area contributed by atoms with Crippen molar-refractivity contribution >= 4 is 18.0 Å². The van der Waals surface area contributed by atoms with Gasteiger partial charge in [-0.15, -0.1) is 11.8 Å². The number of hydrogen-bond donors (Lipinski definition) is 0. The lowest BCUT2D eigenvalue weighted by atomic mass is 9.77. The third-order valence-electron chi connectivity index (χ3n) is 6.59. The van der Waals surface area contributed by atoms with Gasteiger partial charge in [-0.3, -0.25) is 4.79 Å². The average molecular weight is 467 g/mol. The molecule has 34 heavy (non-hydrogen) atoms. The molecule has 0 amide bonds. The fourth-order valence-electron chi connectivity index (χ4n) is 4.80. The van der Waals surface area contributed by atoms with Crippen LogP contribution in [0, 0.1) is 0 Å². The topological polar surface area (TPSA) is 35.5 Å². The number of methoxy groups -OCH3 is 2. The summed E-state index contributed by atoms with van der Waals surface area (Å²) in [5, 5.41) is 0. The van der Waals surface area contributed by atoms with E-state index in [1.165, 1.54) is 21.6 Å². The molecule has 4 aromatic rings. The summed E-state index contributed by atoms with van der Waals surface area (Å²) in [4.78, 5) is 12.8. The molecule has 0 bridgehead atoms. The van der Waals surface area contributed by atoms with E-state index >= 15 is 0 Å². The van der Waals surface area contributed by atoms with Gasteiger partial charge >= 0.3 is 0 Å². The predicted octanol–water partition coefficient (Wildman–Crippen LogP) is 7.20. The number of fused-ring (bicyclic) bond motifs is 1. The van der Waals surface area contributed by atoms with Crippen molar-refractivity contribution in [2.45, 2.75) is 16.7 Å². The Balaban J connectivity index is 1.58. The molecule has 0 fully saturated rings. The van der Waals surface area contributed by atoms with Crippen LogP contribution < -0.4 is 9.47 Å². The van der Waals surface area contributed by atoms with Crippen LogP contribution in [0.25, 0.3) is 11.1 Å². The average Bonchev–Trinajstić information content (AvgIpc) is 2.92. The van der Waals surface area contributed by atoms with Gasteiger partial charge in [0, 0.05) is 28.0 Å². The molecule has 1 heterocycles. The van der Waals surface area contributed by atoms with Crippen molar-refractivity contribution in [2.75, 3.05) is 20.0 Å². The second-order valence-corrected chi connectivity index (χ2v) is 9.46. The molecule has 0 N–H and O–H groups in total. The summed E-state index contributed by atoms with van der Waals surface area (Å²) in [5.74, 6) is 3.27. The molecule has 0 aromatic heterocycles. The van der Waals surface area contributed by atoms with Crippen LogP contribution in [-0.4, -0.2) is 26.3 Å². The Labute approximate surface area is 204 Å². The Morgan fingerprint density at radius 1 is 0.794 bits per heavy atom. The Bertz CT molecular complexity index is 1300. The van der Waals surface area contributed by atoms with E-state index in [4.69, 9.17) is 9.47 Å². The summed E-state index contributed by atoms with van der Waals surface area (Å²) in [6.07, 6.45) is 0.922. The maximum atomic E-state index is 11.5. The van der Waals surface area contributed by atoms with E-state index in [0.29, 0.717) is 11.5 Å². The number of carbonyl (C=O) groups excluding carboxylic acids is 1. The fourth-order valence-corrected chi connectivity index (χ4v) is 6.11. The van der Waals surface area contributed by atoms with Gasteiger partial charge in [0.1, 0.15) is 11.5 Å². The van der Waals surface area contributed by atoms with Crippen molar-refractivity contribution in [3.63, 3.8) is 0 Å². The first-order chi connectivity index (χ1) is 16.7. The van der Waals surface area contributed by atoms with E-state index in [-0.39, 0.29) is 5.92 Å². The van der Waals surface area contributed by atoms with Crippen LogP contribution in [0.2, 0.25) is 0 Å². The van der Waals surface area contributed by atoms with Crippen molar-refractivity contribution in [3.05, 3.63) is 113 Å². The molecule has 4 heteroatoms. The molecule has 0 aliphatic carbocycles. The van der Waals surface area contributed by atoms with Crippen LogP contribution in [0.4, 0.5) is 0 Å². The molecule has 1 aliphatic heterocycles. The van der Waals surface area contributed by atoms with E-state index in [1.807, 2.05) is 48.2 Å². The lowest BCUT2D eigenvalue weighted by Gasteiger charge is -2.34. The van der Waals surface area contributed by atoms with Crippen LogP contribution in [0.3, 0.4) is 0 Å². The number of benzene rings is 4. The van der Waals surface area contributed by atoms with Gasteiger partial charge in [-0.05, 0) is 52.1 Å². The molecule has 170 valence electrons. The lowest BCUT2D eigenvalue weighted by molar-refractivity contribution is 0.112. The van der Waals surface area contributed by atoms with Crippen LogP contribution in [0.15, 0.2) is 95.9 Å². The summed E-state index contributed by atoms with van der Waals surface area (Å²) in [7, 11) is 3.41. The quantitative estimate of drug-likeness (QED) is 0.281. The van der Waals surface area contributed by atoms with Crippen LogP contribution in [-0.2, 0) is 0 Å². The molecule has 0 radical (unpaired) electrons. The second kappa shape index (κ2) is 9.78. The maximum Gasteiger partial charge on any atom is 0.150 e. The van der Waals surface area contributed by atoms with Gasteiger partial charge in [0.2, 0.25) is 0 Å². The van der Waals surface area contributed by atoms with Crippen molar-refractivity contribution < 1.29 is 14.3 Å². The molecule has 0 saturated heterocycles. The van der Waals surface area contributed by atoms with Crippen molar-refractivity contribution in [1.82, 2.24) is 0 Å². The largest absolute Gasteiger partial charge is 0.497 e. The SMILES string of the molecule is COc1ccc(C2CSc3cc(OC)ccc3C2c2ccc(-c3ccccc3C=O)cc2)cc1. The summed E-state index contributed by atoms with van der Waals surface area (Å²) < 4.78 is 10.9. The van der Waals surface area contributed by atoms with E-state index in [1.54, 1.807) is 14.2 Å². The monoisotopic (exact) mass is 466 g/mol. The Hall–Kier alpha value is -3.50. The molecular weight excluding hydrogens is 440 g/mol. The minimum Gasteiger partial charge on any atom is -0.497 e. The number of thioether (sulfide) groups is 1. The Morgan fingerprint density at radius 2 is 1.47 bits per heavy atom. The standard InChI is InChI=1S/C30H26O3S/c1-32-24-13-11-21(12-14-24)28-19-34-29-17-25(33-2)15-16-27(29)30(28)22-9-7-20(8-10-22)26-6-4-3-5-23(26)18-31/h3-18,28,30H,19H2,1-2H3. The highest BCUT2D eigenvalue weighted by molar-refractivity contribution is 7.99. The van der Waals surface area contributed by atoms with E-state index in [0.717, 1.165) is 34.7 Å². The molecule has 5 rings (SSSR count). The molecule has 0 spiro atoms. The molecule has 0 saturated carbocycles. The van der Waals surface area contributed by atoms with Gasteiger partial charge in [-0.25, -0.2) is 0 Å². The van der Waals surface area contributed by atoms with Gasteiger partial charge < -0.3 is 9.47 Å². The van der Waals surface area contributed by atoms with Crippen LogP contribution >= 0.6 is 11.8 Å². The number of aldehydes is 1. The van der Waals surface area contributed by atoms with Gasteiger partial charge in [-0.1, -0.05) is 66.7 Å². The first-order valence-electron chi connectivity index (χ1n) is 11.3. The zero-order chi connectivity index (χ0) is 23.5. The van der Waals surface area contributed by atoms with Crippen LogP contribution in [0.1, 0.15) is 38.9 Å². The van der Waals surface area contributed by atoms with Gasteiger partial charge in [0.25, 0.3) is 0 Å². The fraction of sp³-hybridized carbons (Fsp3) is 0.167. The van der Waals surface area contributed by atoms with Gasteiger partial charge in [0.05, 0.1) is 14.2 Å². The normalized spacial score (nSPS) is 17.0. The summed E-state index contributed by atoms with van der Waals surface area (Å²) in [6, 6.07) is 31.3. The zero-order valence-electron chi connectivity index (χ0n) is 19.2. The lowest BCUT2D eigenvalue weighted by Crippen LogP contribution is -2.20. The first-order valence-corrected chi connectivity index (χ1v) is 12.3. The number of hydrogen-bond acceptors (Lipinski definition) is 4. The van der Waals surface area contributed by atoms with Crippen molar-refractivity contribution in [2.24, 2.45) is 0 Å². The highest BCUT2D eigenvalue weighted by Crippen LogP contribution is 2.50. The third-order valence-corrected chi connectivity index (χ3v) is 7.78. The van der Waals surface area contributed by atoms with Gasteiger partial charge in [0.15, 0.2) is 6.29 Å². The van der Waals surface area contributed by atoms with Crippen LogP contribution in [0.5, 0.6) is 11.5 Å². The molecular formula is C30H26O3S. The summed E-state index contributed by atoms with van der Waals surface area (Å²) in [5.41, 5.74) is 6.60. The highest BCUT2D eigenvalue weighted by atomic mass is 32.2. The van der Waals surface area contributed by atoms with Crippen molar-refractivity contribution in [3.8, 4) is 22.6 Å². The summed E-state index contributed by atoms with van der Waals surface area (Å²) in [6.45, 7) is 0. The van der Waals surface area contributed by atoms with Crippen molar-refractivity contribution in [1.29, 1.82) is 0 Å². The second-order valence-electron chi connectivity index (χ2n) is 8.40. The third kappa shape index (κ3) is 4.22. The minimum absolute atomic E-state index is 0.214. The maximum absolute atomic E-state index is 11.5. The number of carbonyl (C=O) groups is 1. The Kier molecular flexibility index (Phi) is 6.41. The molecule has 4 aromatic carbocycles. The minimum atomic E-state index is 0.214. The van der Waals surface area contributed by atoms with E-state index in [2.05, 4.69) is 54.6 Å². The van der Waals surface area contributed by atoms with Gasteiger partial charge in [-0.2, -0.15) is 0 Å². The smallest absolute Gasteiger partial charge is 0.150 e.